The van der Waals surface area contributed by atoms with Crippen molar-refractivity contribution in [1.82, 2.24) is 0 Å². The van der Waals surface area contributed by atoms with Gasteiger partial charge in [0.1, 0.15) is 5.78 Å². The third kappa shape index (κ3) is 2.19. The van der Waals surface area contributed by atoms with Gasteiger partial charge in [-0.1, -0.05) is 13.8 Å². The highest BCUT2D eigenvalue weighted by atomic mass is 16.3. The Bertz CT molecular complexity index is 500. The molecule has 23 heavy (non-hydrogen) atoms. The van der Waals surface area contributed by atoms with Crippen molar-refractivity contribution >= 4 is 5.78 Å². The second-order valence-electron chi connectivity index (χ2n) is 9.87. The third-order valence-electron chi connectivity index (χ3n) is 9.13. The van der Waals surface area contributed by atoms with E-state index < -0.39 is 0 Å². The standard InChI is InChI=1S/C21H34O2/c1-13(22)17-6-7-18-16-5-4-14-12-15(23)8-10-20(14,2)19(16)9-11-21(17,18)3/h14-19,23H,4-12H2,1-3H3/t14-,15?,16-,17?,18-,19-,20-,21+/m0/s1. The molecule has 1 N–H and O–H groups in total. The number of carbonyl (C=O) groups excluding carboxylic acids is 1. The second kappa shape index (κ2) is 5.31. The molecule has 2 unspecified atom stereocenters. The monoisotopic (exact) mass is 318 g/mol. The molecule has 0 spiro atoms. The summed E-state index contributed by atoms with van der Waals surface area (Å²) < 4.78 is 0. The molecule has 0 bridgehead atoms. The van der Waals surface area contributed by atoms with E-state index in [1.54, 1.807) is 0 Å². The summed E-state index contributed by atoms with van der Waals surface area (Å²) in [5, 5.41) is 10.1. The molecule has 4 aliphatic rings. The van der Waals surface area contributed by atoms with E-state index in [0.717, 1.165) is 42.9 Å². The van der Waals surface area contributed by atoms with Gasteiger partial charge in [0.2, 0.25) is 0 Å². The van der Waals surface area contributed by atoms with Crippen molar-refractivity contribution in [2.75, 3.05) is 0 Å². The van der Waals surface area contributed by atoms with E-state index in [4.69, 9.17) is 0 Å². The predicted octanol–water partition coefficient (Wildman–Crippen LogP) is 4.60. The van der Waals surface area contributed by atoms with Gasteiger partial charge in [0.25, 0.3) is 0 Å². The first-order valence-electron chi connectivity index (χ1n) is 10.0. The Kier molecular flexibility index (Phi) is 3.72. The zero-order valence-corrected chi connectivity index (χ0v) is 15.2. The van der Waals surface area contributed by atoms with Crippen LogP contribution < -0.4 is 0 Å². The molecule has 4 saturated carbocycles. The van der Waals surface area contributed by atoms with Crippen LogP contribution in [0.25, 0.3) is 0 Å². The summed E-state index contributed by atoms with van der Waals surface area (Å²) in [6.45, 7) is 6.80. The summed E-state index contributed by atoms with van der Waals surface area (Å²) in [5.74, 6) is 3.97. The molecule has 0 aromatic rings. The summed E-state index contributed by atoms with van der Waals surface area (Å²) in [7, 11) is 0. The quantitative estimate of drug-likeness (QED) is 0.767. The SMILES string of the molecule is CC(=O)C1CC[C@H]2[C@@H]3CC[C@H]4CC(O)CC[C@]4(C)[C@H]3CC[C@]12C. The van der Waals surface area contributed by atoms with Crippen LogP contribution >= 0.6 is 0 Å². The minimum atomic E-state index is -0.0490. The number of hydrogen-bond donors (Lipinski definition) is 1. The molecular formula is C21H34O2. The van der Waals surface area contributed by atoms with Gasteiger partial charge < -0.3 is 5.11 Å². The van der Waals surface area contributed by atoms with Crippen LogP contribution in [0.1, 0.15) is 78.6 Å². The summed E-state index contributed by atoms with van der Waals surface area (Å²) >= 11 is 0. The van der Waals surface area contributed by atoms with Gasteiger partial charge >= 0.3 is 0 Å². The van der Waals surface area contributed by atoms with Gasteiger partial charge in [-0.15, -0.1) is 0 Å². The lowest BCUT2D eigenvalue weighted by molar-refractivity contribution is -0.138. The lowest BCUT2D eigenvalue weighted by Crippen LogP contribution is -2.54. The number of ketones is 1. The summed E-state index contributed by atoms with van der Waals surface area (Å²) in [6.07, 6.45) is 10.9. The van der Waals surface area contributed by atoms with Crippen molar-refractivity contribution in [3.8, 4) is 0 Å². The lowest BCUT2D eigenvalue weighted by atomic mass is 9.44. The number of Topliss-reactive ketones (excluding diaryl/α,β-unsaturated/α-hetero) is 1. The highest BCUT2D eigenvalue weighted by Crippen LogP contribution is 2.67. The fraction of sp³-hybridized carbons (Fsp3) is 0.952. The Balaban J connectivity index is 1.61. The largest absolute Gasteiger partial charge is 0.393 e. The molecule has 4 rings (SSSR count). The third-order valence-corrected chi connectivity index (χ3v) is 9.13. The molecule has 4 fully saturated rings. The van der Waals surface area contributed by atoms with Gasteiger partial charge in [0, 0.05) is 5.92 Å². The predicted molar refractivity (Wildman–Crippen MR) is 91.9 cm³/mol. The molecular weight excluding hydrogens is 284 g/mol. The first-order chi connectivity index (χ1) is 10.9. The van der Waals surface area contributed by atoms with Crippen molar-refractivity contribution in [1.29, 1.82) is 0 Å². The van der Waals surface area contributed by atoms with Crippen molar-refractivity contribution in [3.63, 3.8) is 0 Å². The van der Waals surface area contributed by atoms with Crippen LogP contribution in [0, 0.1) is 40.4 Å². The molecule has 0 heterocycles. The van der Waals surface area contributed by atoms with E-state index in [1.165, 1.54) is 38.5 Å². The van der Waals surface area contributed by atoms with E-state index in [9.17, 15) is 9.90 Å². The summed E-state index contributed by atoms with van der Waals surface area (Å²) in [5.41, 5.74) is 0.738. The second-order valence-corrected chi connectivity index (χ2v) is 9.87. The zero-order valence-electron chi connectivity index (χ0n) is 15.2. The van der Waals surface area contributed by atoms with Crippen LogP contribution in [0.4, 0.5) is 0 Å². The van der Waals surface area contributed by atoms with Crippen molar-refractivity contribution in [3.05, 3.63) is 0 Å². The molecule has 4 aliphatic carbocycles. The van der Waals surface area contributed by atoms with Crippen LogP contribution in [0.15, 0.2) is 0 Å². The molecule has 0 aliphatic heterocycles. The molecule has 2 heteroatoms. The fourth-order valence-electron chi connectivity index (χ4n) is 7.90. The highest BCUT2D eigenvalue weighted by Gasteiger charge is 2.60. The van der Waals surface area contributed by atoms with Crippen molar-refractivity contribution in [2.24, 2.45) is 40.4 Å². The minimum Gasteiger partial charge on any atom is -0.393 e. The average molecular weight is 319 g/mol. The molecule has 2 nitrogen and oxygen atoms in total. The minimum absolute atomic E-state index is 0.0490. The maximum atomic E-state index is 12.2. The van der Waals surface area contributed by atoms with E-state index >= 15 is 0 Å². The maximum absolute atomic E-state index is 12.2. The highest BCUT2D eigenvalue weighted by molar-refractivity contribution is 5.79. The van der Waals surface area contributed by atoms with Crippen LogP contribution in [-0.4, -0.2) is 17.0 Å². The van der Waals surface area contributed by atoms with Gasteiger partial charge in [-0.2, -0.15) is 0 Å². The summed E-state index contributed by atoms with van der Waals surface area (Å²) in [4.78, 5) is 12.2. The number of aliphatic hydroxyl groups excluding tert-OH is 1. The van der Waals surface area contributed by atoms with E-state index in [0.29, 0.717) is 17.1 Å². The van der Waals surface area contributed by atoms with Crippen molar-refractivity contribution in [2.45, 2.75) is 84.7 Å². The van der Waals surface area contributed by atoms with E-state index in [1.807, 2.05) is 6.92 Å². The van der Waals surface area contributed by atoms with Crippen molar-refractivity contribution < 1.29 is 9.90 Å². The zero-order chi connectivity index (χ0) is 16.4. The van der Waals surface area contributed by atoms with E-state index in [-0.39, 0.29) is 11.5 Å². The molecule has 0 saturated heterocycles. The van der Waals surface area contributed by atoms with E-state index in [2.05, 4.69) is 13.8 Å². The van der Waals surface area contributed by atoms with Crippen LogP contribution in [0.3, 0.4) is 0 Å². The smallest absolute Gasteiger partial charge is 0.133 e. The van der Waals surface area contributed by atoms with Gasteiger partial charge in [-0.3, -0.25) is 4.79 Å². The Morgan fingerprint density at radius 2 is 1.61 bits per heavy atom. The van der Waals surface area contributed by atoms with Gasteiger partial charge in [0.15, 0.2) is 0 Å². The lowest BCUT2D eigenvalue weighted by Gasteiger charge is -2.60. The van der Waals surface area contributed by atoms with Crippen LogP contribution in [0.2, 0.25) is 0 Å². The van der Waals surface area contributed by atoms with Gasteiger partial charge in [-0.25, -0.2) is 0 Å². The Hall–Kier alpha value is -0.370. The van der Waals surface area contributed by atoms with Gasteiger partial charge in [0.05, 0.1) is 6.10 Å². The normalized spacial score (nSPS) is 55.7. The van der Waals surface area contributed by atoms with Crippen LogP contribution in [0.5, 0.6) is 0 Å². The Morgan fingerprint density at radius 3 is 2.35 bits per heavy atom. The number of aliphatic hydroxyl groups is 1. The fourth-order valence-corrected chi connectivity index (χ4v) is 7.90. The van der Waals surface area contributed by atoms with Crippen LogP contribution in [-0.2, 0) is 4.79 Å². The first-order valence-corrected chi connectivity index (χ1v) is 10.0. The number of rotatable bonds is 1. The Labute approximate surface area is 141 Å². The number of carbonyl (C=O) groups is 1. The molecule has 0 aromatic carbocycles. The number of hydrogen-bond acceptors (Lipinski definition) is 2. The maximum Gasteiger partial charge on any atom is 0.133 e. The Morgan fingerprint density at radius 1 is 0.913 bits per heavy atom. The average Bonchev–Trinajstić information content (AvgIpc) is 2.85. The van der Waals surface area contributed by atoms with Gasteiger partial charge in [-0.05, 0) is 99.2 Å². The molecule has 0 aromatic heterocycles. The first kappa shape index (κ1) is 16.1. The molecule has 130 valence electrons. The number of fused-ring (bicyclic) bond motifs is 5. The summed E-state index contributed by atoms with van der Waals surface area (Å²) in [6, 6.07) is 0. The molecule has 8 atom stereocenters. The molecule has 0 radical (unpaired) electrons. The topological polar surface area (TPSA) is 37.3 Å². The molecule has 0 amide bonds.